The molecule has 1 aromatic carbocycles. The van der Waals surface area contributed by atoms with E-state index < -0.39 is 22.9 Å². The second-order valence-electron chi connectivity index (χ2n) is 6.15. The van der Waals surface area contributed by atoms with E-state index in [1.54, 1.807) is 4.90 Å². The molecule has 1 N–H and O–H groups in total. The lowest BCUT2D eigenvalue weighted by atomic mass is 10.3. The van der Waals surface area contributed by atoms with Crippen molar-refractivity contribution in [1.29, 1.82) is 0 Å². The Kier molecular flexibility index (Phi) is 7.38. The molecular weight excluding hydrogens is 399 g/mol. The summed E-state index contributed by atoms with van der Waals surface area (Å²) in [5, 5.41) is 10.5. The summed E-state index contributed by atoms with van der Waals surface area (Å²) >= 11 is 0.969. The van der Waals surface area contributed by atoms with Crippen molar-refractivity contribution in [3.05, 3.63) is 56.5 Å². The van der Waals surface area contributed by atoms with Gasteiger partial charge in [0.15, 0.2) is 0 Å². The quantitative estimate of drug-likeness (QED) is 0.564. The van der Waals surface area contributed by atoms with Crippen molar-refractivity contribution in [2.75, 3.05) is 18.8 Å². The van der Waals surface area contributed by atoms with Crippen LogP contribution in [0.25, 0.3) is 0 Å². The molecule has 0 bridgehead atoms. The number of aliphatic imine (C=N–C) groups is 1. The van der Waals surface area contributed by atoms with Crippen LogP contribution in [0.5, 0.6) is 5.88 Å². The molecule has 0 unspecified atom stereocenters. The molecule has 1 amide bonds. The number of hydrogen-bond acceptors (Lipinski definition) is 6. The molecule has 1 heterocycles. The minimum atomic E-state index is -0.741. The lowest BCUT2D eigenvalue weighted by Crippen LogP contribution is -2.40. The van der Waals surface area contributed by atoms with Crippen LogP contribution in [0, 0.1) is 5.82 Å². The average molecular weight is 422 g/mol. The van der Waals surface area contributed by atoms with E-state index in [1.807, 2.05) is 13.8 Å². The third kappa shape index (κ3) is 4.94. The van der Waals surface area contributed by atoms with Crippen LogP contribution in [0.1, 0.15) is 19.4 Å². The van der Waals surface area contributed by atoms with Crippen molar-refractivity contribution in [1.82, 2.24) is 14.0 Å². The first-order chi connectivity index (χ1) is 13.7. The minimum absolute atomic E-state index is 0.0207. The lowest BCUT2D eigenvalue weighted by Gasteiger charge is -2.18. The predicted molar refractivity (Wildman–Crippen MR) is 112 cm³/mol. The maximum atomic E-state index is 13.2. The van der Waals surface area contributed by atoms with Gasteiger partial charge in [0.05, 0.1) is 11.4 Å². The average Bonchev–Trinajstić information content (AvgIpc) is 2.71. The number of nitrogens with zero attached hydrogens (tertiary/aromatic N) is 4. The molecule has 0 radical (unpaired) electrons. The number of rotatable bonds is 6. The number of hydrogen-bond donors (Lipinski definition) is 1. The zero-order valence-corrected chi connectivity index (χ0v) is 17.5. The van der Waals surface area contributed by atoms with Crippen LogP contribution in [-0.2, 0) is 18.9 Å². The molecule has 29 heavy (non-hydrogen) atoms. The van der Waals surface area contributed by atoms with Gasteiger partial charge in [-0.2, -0.15) is 0 Å². The summed E-state index contributed by atoms with van der Waals surface area (Å²) in [4.78, 5) is 43.1. The van der Waals surface area contributed by atoms with Crippen LogP contribution < -0.4 is 11.2 Å². The van der Waals surface area contributed by atoms with E-state index in [1.165, 1.54) is 38.4 Å². The van der Waals surface area contributed by atoms with Crippen molar-refractivity contribution in [2.24, 2.45) is 19.1 Å². The van der Waals surface area contributed by atoms with Gasteiger partial charge in [0.1, 0.15) is 16.4 Å². The second-order valence-corrected chi connectivity index (χ2v) is 7.12. The summed E-state index contributed by atoms with van der Waals surface area (Å²) < 4.78 is 15.0. The number of aromatic hydroxyl groups is 1. The van der Waals surface area contributed by atoms with Gasteiger partial charge in [0.25, 0.3) is 5.56 Å². The fraction of sp³-hybridized carbons (Fsp3) is 0.368. The van der Waals surface area contributed by atoms with Crippen LogP contribution in [-0.4, -0.2) is 48.9 Å². The van der Waals surface area contributed by atoms with Gasteiger partial charge < -0.3 is 10.0 Å². The molecule has 2 rings (SSSR count). The monoisotopic (exact) mass is 422 g/mol. The maximum Gasteiger partial charge on any atom is 0.333 e. The molecule has 0 aliphatic rings. The van der Waals surface area contributed by atoms with E-state index in [-0.39, 0.29) is 22.3 Å². The van der Waals surface area contributed by atoms with E-state index in [9.17, 15) is 23.9 Å². The van der Waals surface area contributed by atoms with Crippen LogP contribution in [0.15, 0.2) is 38.8 Å². The minimum Gasteiger partial charge on any atom is -0.494 e. The molecule has 0 saturated carbocycles. The SMILES string of the molecule is CCN(CC)C(=O)CSC(=Nc1ccc(F)cc1)c1c(O)n(C)c(=O)n(C)c1=O. The van der Waals surface area contributed by atoms with E-state index >= 15 is 0 Å². The van der Waals surface area contributed by atoms with Crippen LogP contribution in [0.3, 0.4) is 0 Å². The Balaban J connectivity index is 2.57. The fourth-order valence-corrected chi connectivity index (χ4v) is 3.55. The first-order valence-corrected chi connectivity index (χ1v) is 9.93. The van der Waals surface area contributed by atoms with Gasteiger partial charge in [0.2, 0.25) is 11.8 Å². The van der Waals surface area contributed by atoms with Crippen molar-refractivity contribution >= 4 is 28.4 Å². The van der Waals surface area contributed by atoms with Crippen molar-refractivity contribution in [2.45, 2.75) is 13.8 Å². The highest BCUT2D eigenvalue weighted by molar-refractivity contribution is 8.15. The third-order valence-corrected chi connectivity index (χ3v) is 5.31. The number of aromatic nitrogens is 2. The summed E-state index contributed by atoms with van der Waals surface area (Å²) in [7, 11) is 2.61. The van der Waals surface area contributed by atoms with Gasteiger partial charge in [-0.25, -0.2) is 14.2 Å². The molecule has 0 atom stereocenters. The highest BCUT2D eigenvalue weighted by Gasteiger charge is 2.22. The molecule has 0 fully saturated rings. The summed E-state index contributed by atoms with van der Waals surface area (Å²) in [6.07, 6.45) is 0. The smallest absolute Gasteiger partial charge is 0.333 e. The maximum absolute atomic E-state index is 13.2. The van der Waals surface area contributed by atoms with E-state index in [0.29, 0.717) is 18.8 Å². The summed E-state index contributed by atoms with van der Waals surface area (Å²) in [5.41, 5.74) is -1.30. The van der Waals surface area contributed by atoms with Crippen molar-refractivity contribution in [3.8, 4) is 5.88 Å². The van der Waals surface area contributed by atoms with Gasteiger partial charge in [-0.05, 0) is 38.1 Å². The van der Waals surface area contributed by atoms with Gasteiger partial charge in [-0.3, -0.25) is 18.7 Å². The topological polar surface area (TPSA) is 96.9 Å². The van der Waals surface area contributed by atoms with Crippen LogP contribution in [0.2, 0.25) is 0 Å². The summed E-state index contributed by atoms with van der Waals surface area (Å²) in [6.45, 7) is 4.78. The largest absolute Gasteiger partial charge is 0.494 e. The van der Waals surface area contributed by atoms with E-state index in [0.717, 1.165) is 20.9 Å². The number of amides is 1. The van der Waals surface area contributed by atoms with E-state index in [2.05, 4.69) is 4.99 Å². The first-order valence-electron chi connectivity index (χ1n) is 8.95. The Morgan fingerprint density at radius 3 is 2.28 bits per heavy atom. The number of thioether (sulfide) groups is 1. The lowest BCUT2D eigenvalue weighted by molar-refractivity contribution is -0.127. The van der Waals surface area contributed by atoms with E-state index in [4.69, 9.17) is 0 Å². The second kappa shape index (κ2) is 9.55. The molecule has 0 aliphatic carbocycles. The highest BCUT2D eigenvalue weighted by atomic mass is 32.2. The summed E-state index contributed by atoms with van der Waals surface area (Å²) in [5.74, 6) is -1.18. The Labute approximate surface area is 171 Å². The summed E-state index contributed by atoms with van der Waals surface area (Å²) in [6, 6.07) is 5.24. The molecule has 156 valence electrons. The highest BCUT2D eigenvalue weighted by Crippen LogP contribution is 2.23. The number of carbonyl (C=O) groups is 1. The molecule has 2 aromatic rings. The molecule has 0 aliphatic heterocycles. The Bertz CT molecular complexity index is 1040. The number of carbonyl (C=O) groups excluding carboxylic acids is 1. The normalized spacial score (nSPS) is 11.6. The van der Waals surface area contributed by atoms with Crippen molar-refractivity contribution < 1.29 is 14.3 Å². The molecule has 0 spiro atoms. The fourth-order valence-electron chi connectivity index (χ4n) is 2.61. The van der Waals surface area contributed by atoms with Crippen molar-refractivity contribution in [3.63, 3.8) is 0 Å². The third-order valence-electron chi connectivity index (χ3n) is 4.35. The Morgan fingerprint density at radius 1 is 1.14 bits per heavy atom. The predicted octanol–water partition coefficient (Wildman–Crippen LogP) is 1.61. The number of benzene rings is 1. The zero-order valence-electron chi connectivity index (χ0n) is 16.7. The van der Waals surface area contributed by atoms with Gasteiger partial charge in [0, 0.05) is 27.2 Å². The molecule has 0 saturated heterocycles. The standard InChI is InChI=1S/C19H23FN4O4S/c1-5-24(6-2)14(25)11-29-16(21-13-9-7-12(20)8-10-13)15-17(26)22(3)19(28)23(4)18(15)27/h7-10,26H,5-6,11H2,1-4H3. The van der Waals surface area contributed by atoms with Crippen LogP contribution >= 0.6 is 11.8 Å². The van der Waals surface area contributed by atoms with Gasteiger partial charge in [-0.1, -0.05) is 11.8 Å². The van der Waals surface area contributed by atoms with Gasteiger partial charge >= 0.3 is 5.69 Å². The zero-order chi connectivity index (χ0) is 21.7. The van der Waals surface area contributed by atoms with Gasteiger partial charge in [-0.15, -0.1) is 0 Å². The molecule has 10 heteroatoms. The number of halogens is 1. The Hall–Kier alpha value is -2.88. The van der Waals surface area contributed by atoms with Crippen LogP contribution in [0.4, 0.5) is 10.1 Å². The first kappa shape index (κ1) is 22.4. The molecule has 1 aromatic heterocycles. The molecular formula is C19H23FN4O4S. The Morgan fingerprint density at radius 2 is 1.72 bits per heavy atom. The molecule has 8 nitrogen and oxygen atoms in total.